The molecule has 0 radical (unpaired) electrons. The Morgan fingerprint density at radius 3 is 2.68 bits per heavy atom. The highest BCUT2D eigenvalue weighted by atomic mass is 16.5. The van der Waals surface area contributed by atoms with Crippen LogP contribution in [0.2, 0.25) is 0 Å². The lowest BCUT2D eigenvalue weighted by molar-refractivity contribution is 0.453. The van der Waals surface area contributed by atoms with Gasteiger partial charge in [0.15, 0.2) is 5.75 Å². The fourth-order valence-corrected chi connectivity index (χ4v) is 1.92. The molecule has 1 N–H and O–H groups in total. The van der Waals surface area contributed by atoms with Crippen LogP contribution in [0.3, 0.4) is 0 Å². The minimum Gasteiger partial charge on any atom is -0.435 e. The highest BCUT2D eigenvalue weighted by Crippen LogP contribution is 2.27. The molecule has 102 valence electrons. The average molecular weight is 260 g/mol. The van der Waals surface area contributed by atoms with Gasteiger partial charge in [0.05, 0.1) is 5.69 Å². The van der Waals surface area contributed by atoms with Crippen LogP contribution in [0.15, 0.2) is 18.3 Å². The van der Waals surface area contributed by atoms with Crippen LogP contribution in [-0.2, 0) is 7.05 Å². The second kappa shape index (κ2) is 5.40. The number of aromatic nitrogens is 3. The lowest BCUT2D eigenvalue weighted by Crippen LogP contribution is -2.12. The van der Waals surface area contributed by atoms with E-state index in [-0.39, 0.29) is 6.04 Å². The molecule has 0 amide bonds. The van der Waals surface area contributed by atoms with Gasteiger partial charge in [0, 0.05) is 25.4 Å². The number of hydrogen-bond acceptors (Lipinski definition) is 4. The topological polar surface area (TPSA) is 52.0 Å². The summed E-state index contributed by atoms with van der Waals surface area (Å²) < 4.78 is 7.68. The summed E-state index contributed by atoms with van der Waals surface area (Å²) in [5, 5.41) is 7.53. The van der Waals surface area contributed by atoms with Crippen LogP contribution in [0.1, 0.15) is 29.9 Å². The molecule has 0 aromatic carbocycles. The van der Waals surface area contributed by atoms with Crippen molar-refractivity contribution >= 4 is 0 Å². The van der Waals surface area contributed by atoms with E-state index in [2.05, 4.69) is 22.3 Å². The number of nitrogens with zero attached hydrogens (tertiary/aromatic N) is 3. The summed E-state index contributed by atoms with van der Waals surface area (Å²) in [5.41, 5.74) is 3.01. The number of ether oxygens (including phenoxy) is 1. The van der Waals surface area contributed by atoms with E-state index in [0.29, 0.717) is 5.88 Å². The SMILES string of the molecule is CNC(C)c1ccnc(Oc2c(C)nn(C)c2C)c1. The van der Waals surface area contributed by atoms with E-state index in [1.54, 1.807) is 6.20 Å². The standard InChI is InChI=1S/C14H20N4O/c1-9(15-4)12-6-7-16-13(8-12)19-14-10(2)17-18(5)11(14)3/h6-9,15H,1-5H3. The van der Waals surface area contributed by atoms with Crippen molar-refractivity contribution in [1.29, 1.82) is 0 Å². The van der Waals surface area contributed by atoms with Crippen LogP contribution in [0.4, 0.5) is 0 Å². The van der Waals surface area contributed by atoms with Crippen molar-refractivity contribution < 1.29 is 4.74 Å². The first-order chi connectivity index (χ1) is 9.02. The van der Waals surface area contributed by atoms with E-state index in [1.165, 1.54) is 0 Å². The van der Waals surface area contributed by atoms with E-state index in [0.717, 1.165) is 22.7 Å². The lowest BCUT2D eigenvalue weighted by atomic mass is 10.1. The maximum atomic E-state index is 5.87. The highest BCUT2D eigenvalue weighted by molar-refractivity contribution is 5.36. The average Bonchev–Trinajstić information content (AvgIpc) is 2.65. The van der Waals surface area contributed by atoms with Crippen LogP contribution in [0, 0.1) is 13.8 Å². The molecule has 0 saturated carbocycles. The normalized spacial score (nSPS) is 12.5. The molecule has 2 aromatic heterocycles. The first-order valence-electron chi connectivity index (χ1n) is 6.34. The third kappa shape index (κ3) is 2.76. The Morgan fingerprint density at radius 1 is 1.37 bits per heavy atom. The molecule has 1 unspecified atom stereocenters. The number of hydrogen-bond donors (Lipinski definition) is 1. The molecule has 0 spiro atoms. The molecule has 2 heterocycles. The Labute approximate surface area is 113 Å². The van der Waals surface area contributed by atoms with E-state index >= 15 is 0 Å². The fraction of sp³-hybridized carbons (Fsp3) is 0.429. The predicted octanol–water partition coefficient (Wildman–Crippen LogP) is 2.50. The molecule has 2 rings (SSSR count). The van der Waals surface area contributed by atoms with Crippen molar-refractivity contribution in [1.82, 2.24) is 20.1 Å². The number of aryl methyl sites for hydroxylation is 2. The Morgan fingerprint density at radius 2 is 2.11 bits per heavy atom. The number of pyridine rings is 1. The third-order valence-electron chi connectivity index (χ3n) is 3.34. The van der Waals surface area contributed by atoms with Gasteiger partial charge in [-0.25, -0.2) is 4.98 Å². The fourth-order valence-electron chi connectivity index (χ4n) is 1.92. The molecule has 0 saturated heterocycles. The highest BCUT2D eigenvalue weighted by Gasteiger charge is 2.13. The second-order valence-corrected chi connectivity index (χ2v) is 4.66. The predicted molar refractivity (Wildman–Crippen MR) is 74.5 cm³/mol. The molecule has 0 aliphatic rings. The zero-order valence-corrected chi connectivity index (χ0v) is 12.1. The minimum atomic E-state index is 0.265. The van der Waals surface area contributed by atoms with E-state index in [4.69, 9.17) is 4.74 Å². The van der Waals surface area contributed by atoms with Gasteiger partial charge >= 0.3 is 0 Å². The second-order valence-electron chi connectivity index (χ2n) is 4.66. The number of nitrogens with one attached hydrogen (secondary N) is 1. The zero-order chi connectivity index (χ0) is 14.0. The van der Waals surface area contributed by atoms with E-state index in [1.807, 2.05) is 44.8 Å². The summed E-state index contributed by atoms with van der Waals surface area (Å²) in [6.07, 6.45) is 1.76. The Balaban J connectivity index is 2.28. The summed E-state index contributed by atoms with van der Waals surface area (Å²) in [5.74, 6) is 1.38. The zero-order valence-electron chi connectivity index (χ0n) is 12.1. The van der Waals surface area contributed by atoms with Crippen LogP contribution in [-0.4, -0.2) is 21.8 Å². The molecule has 19 heavy (non-hydrogen) atoms. The summed E-state index contributed by atoms with van der Waals surface area (Å²) >= 11 is 0. The minimum absolute atomic E-state index is 0.265. The van der Waals surface area contributed by atoms with Gasteiger partial charge in [0.25, 0.3) is 0 Å². The molecule has 0 aliphatic carbocycles. The monoisotopic (exact) mass is 260 g/mol. The van der Waals surface area contributed by atoms with Gasteiger partial charge in [0.1, 0.15) is 5.69 Å². The van der Waals surface area contributed by atoms with Crippen LogP contribution in [0.5, 0.6) is 11.6 Å². The third-order valence-corrected chi connectivity index (χ3v) is 3.34. The molecular formula is C14H20N4O. The van der Waals surface area contributed by atoms with Crippen molar-refractivity contribution in [3.63, 3.8) is 0 Å². The van der Waals surface area contributed by atoms with Gasteiger partial charge in [-0.05, 0) is 39.4 Å². The van der Waals surface area contributed by atoms with Crippen molar-refractivity contribution in [2.45, 2.75) is 26.8 Å². The summed E-state index contributed by atoms with van der Waals surface area (Å²) in [7, 11) is 3.84. The van der Waals surface area contributed by atoms with Gasteiger partial charge in [-0.1, -0.05) is 0 Å². The molecule has 0 fully saturated rings. The molecule has 5 heteroatoms. The molecule has 0 bridgehead atoms. The van der Waals surface area contributed by atoms with Gasteiger partial charge < -0.3 is 10.1 Å². The largest absolute Gasteiger partial charge is 0.435 e. The van der Waals surface area contributed by atoms with Crippen LogP contribution >= 0.6 is 0 Å². The van der Waals surface area contributed by atoms with Crippen LogP contribution < -0.4 is 10.1 Å². The molecule has 0 aliphatic heterocycles. The van der Waals surface area contributed by atoms with Gasteiger partial charge in [-0.3, -0.25) is 4.68 Å². The molecule has 2 aromatic rings. The van der Waals surface area contributed by atoms with Crippen molar-refractivity contribution in [2.24, 2.45) is 7.05 Å². The van der Waals surface area contributed by atoms with Crippen molar-refractivity contribution in [2.75, 3.05) is 7.05 Å². The lowest BCUT2D eigenvalue weighted by Gasteiger charge is -2.12. The summed E-state index contributed by atoms with van der Waals surface area (Å²) in [6, 6.07) is 4.20. The maximum Gasteiger partial charge on any atom is 0.219 e. The van der Waals surface area contributed by atoms with Crippen LogP contribution in [0.25, 0.3) is 0 Å². The Kier molecular flexibility index (Phi) is 3.85. The van der Waals surface area contributed by atoms with E-state index in [9.17, 15) is 0 Å². The van der Waals surface area contributed by atoms with E-state index < -0.39 is 0 Å². The summed E-state index contributed by atoms with van der Waals surface area (Å²) in [6.45, 7) is 6.01. The van der Waals surface area contributed by atoms with Gasteiger partial charge in [-0.15, -0.1) is 0 Å². The first kappa shape index (κ1) is 13.5. The molecule has 1 atom stereocenters. The summed E-state index contributed by atoms with van der Waals surface area (Å²) in [4.78, 5) is 4.26. The smallest absolute Gasteiger partial charge is 0.219 e. The maximum absolute atomic E-state index is 5.87. The number of rotatable bonds is 4. The Bertz CT molecular complexity index is 577. The van der Waals surface area contributed by atoms with Gasteiger partial charge in [-0.2, -0.15) is 5.10 Å². The molecular weight excluding hydrogens is 240 g/mol. The van der Waals surface area contributed by atoms with Crippen molar-refractivity contribution in [3.05, 3.63) is 35.3 Å². The first-order valence-corrected chi connectivity index (χ1v) is 6.34. The van der Waals surface area contributed by atoms with Crippen molar-refractivity contribution in [3.8, 4) is 11.6 Å². The quantitative estimate of drug-likeness (QED) is 0.917. The molecule has 5 nitrogen and oxygen atoms in total. The Hall–Kier alpha value is -1.88. The van der Waals surface area contributed by atoms with Gasteiger partial charge in [0.2, 0.25) is 5.88 Å².